The zero-order valence-electron chi connectivity index (χ0n) is 16.3. The molecule has 1 aliphatic heterocycles. The molecule has 1 aliphatic carbocycles. The van der Waals surface area contributed by atoms with Crippen molar-refractivity contribution in [3.8, 4) is 0 Å². The predicted molar refractivity (Wildman–Crippen MR) is 116 cm³/mol. The molecule has 1 saturated carbocycles. The van der Waals surface area contributed by atoms with Crippen LogP contribution >= 0.6 is 15.9 Å². The van der Waals surface area contributed by atoms with Gasteiger partial charge in [0.1, 0.15) is 18.0 Å². The predicted octanol–water partition coefficient (Wildman–Crippen LogP) is 3.81. The van der Waals surface area contributed by atoms with Crippen LogP contribution in [-0.4, -0.2) is 53.1 Å². The van der Waals surface area contributed by atoms with E-state index in [9.17, 15) is 4.79 Å². The van der Waals surface area contributed by atoms with Gasteiger partial charge in [0, 0.05) is 41.3 Å². The normalized spacial score (nSPS) is 22.2. The highest BCUT2D eigenvalue weighted by atomic mass is 79.9. The Morgan fingerprint density at radius 2 is 1.83 bits per heavy atom. The maximum atomic E-state index is 12.7. The number of halogens is 1. The van der Waals surface area contributed by atoms with E-state index in [0.29, 0.717) is 25.2 Å². The molecule has 0 bridgehead atoms. The van der Waals surface area contributed by atoms with Crippen LogP contribution in [0.2, 0.25) is 0 Å². The van der Waals surface area contributed by atoms with E-state index in [2.05, 4.69) is 36.5 Å². The number of rotatable bonds is 5. The molecule has 2 heterocycles. The Morgan fingerprint density at radius 3 is 2.59 bits per heavy atom. The van der Waals surface area contributed by atoms with Gasteiger partial charge in [0.05, 0.1) is 13.2 Å². The molecule has 0 radical (unpaired) electrons. The summed E-state index contributed by atoms with van der Waals surface area (Å²) in [6.07, 6.45) is 5.35. The molecular formula is C21H26BrN5O2. The minimum Gasteiger partial charge on any atom is -0.378 e. The molecule has 29 heavy (non-hydrogen) atoms. The van der Waals surface area contributed by atoms with Crippen LogP contribution in [0, 0.1) is 5.92 Å². The SMILES string of the molecule is O=C(C1CCC(Nc2cc(Nc3cccc(Br)c3)ncn2)CC1)N1CCOCC1. The standard InChI is InChI=1S/C21H26BrN5O2/c22-16-2-1-3-18(12-16)26-20-13-19(23-14-24-20)25-17-6-4-15(5-7-17)21(28)27-8-10-29-11-9-27/h1-3,12-15,17H,4-11H2,(H2,23,24,25,26). The minimum atomic E-state index is 0.144. The minimum absolute atomic E-state index is 0.144. The number of benzene rings is 1. The largest absolute Gasteiger partial charge is 0.378 e. The highest BCUT2D eigenvalue weighted by molar-refractivity contribution is 9.10. The van der Waals surface area contributed by atoms with Crippen molar-refractivity contribution in [1.29, 1.82) is 0 Å². The van der Waals surface area contributed by atoms with Gasteiger partial charge in [0.15, 0.2) is 0 Å². The fourth-order valence-electron chi connectivity index (χ4n) is 3.95. The molecule has 1 saturated heterocycles. The summed E-state index contributed by atoms with van der Waals surface area (Å²) in [7, 11) is 0. The van der Waals surface area contributed by atoms with Gasteiger partial charge in [0.2, 0.25) is 5.91 Å². The summed E-state index contributed by atoms with van der Waals surface area (Å²) in [5.41, 5.74) is 0.964. The molecule has 4 rings (SSSR count). The number of amides is 1. The van der Waals surface area contributed by atoms with Gasteiger partial charge in [-0.05, 0) is 43.9 Å². The Bertz CT molecular complexity index is 835. The molecule has 8 heteroatoms. The van der Waals surface area contributed by atoms with Crippen molar-refractivity contribution in [2.75, 3.05) is 36.9 Å². The maximum Gasteiger partial charge on any atom is 0.225 e. The van der Waals surface area contributed by atoms with Crippen LogP contribution < -0.4 is 10.6 Å². The van der Waals surface area contributed by atoms with Gasteiger partial charge in [-0.3, -0.25) is 4.79 Å². The summed E-state index contributed by atoms with van der Waals surface area (Å²) in [5.74, 6) is 2.00. The number of nitrogens with one attached hydrogen (secondary N) is 2. The second-order valence-corrected chi connectivity index (χ2v) is 8.47. The maximum absolute atomic E-state index is 12.7. The number of aromatic nitrogens is 2. The van der Waals surface area contributed by atoms with Crippen molar-refractivity contribution in [2.24, 2.45) is 5.92 Å². The lowest BCUT2D eigenvalue weighted by Gasteiger charge is -2.34. The molecule has 1 aromatic carbocycles. The van der Waals surface area contributed by atoms with E-state index >= 15 is 0 Å². The third-order valence-electron chi connectivity index (χ3n) is 5.52. The molecule has 0 atom stereocenters. The van der Waals surface area contributed by atoms with E-state index in [1.807, 2.05) is 35.2 Å². The van der Waals surface area contributed by atoms with E-state index < -0.39 is 0 Å². The first-order valence-corrected chi connectivity index (χ1v) is 10.9. The first-order chi connectivity index (χ1) is 14.2. The summed E-state index contributed by atoms with van der Waals surface area (Å²) >= 11 is 3.48. The average molecular weight is 460 g/mol. The summed E-state index contributed by atoms with van der Waals surface area (Å²) in [6.45, 7) is 2.77. The lowest BCUT2D eigenvalue weighted by Crippen LogP contribution is -2.45. The molecule has 154 valence electrons. The fraction of sp³-hybridized carbons (Fsp3) is 0.476. The van der Waals surface area contributed by atoms with Crippen LogP contribution in [0.15, 0.2) is 41.1 Å². The molecule has 0 unspecified atom stereocenters. The molecule has 2 fully saturated rings. The number of carbonyl (C=O) groups excluding carboxylic acids is 1. The smallest absolute Gasteiger partial charge is 0.225 e. The van der Waals surface area contributed by atoms with Crippen LogP contribution in [0.5, 0.6) is 0 Å². The van der Waals surface area contributed by atoms with Crippen molar-refractivity contribution in [3.05, 3.63) is 41.1 Å². The van der Waals surface area contributed by atoms with Crippen molar-refractivity contribution in [3.63, 3.8) is 0 Å². The molecule has 2 N–H and O–H groups in total. The third-order valence-corrected chi connectivity index (χ3v) is 6.01. The van der Waals surface area contributed by atoms with Crippen molar-refractivity contribution < 1.29 is 9.53 Å². The molecule has 0 spiro atoms. The zero-order valence-corrected chi connectivity index (χ0v) is 17.9. The van der Waals surface area contributed by atoms with Gasteiger partial charge in [-0.15, -0.1) is 0 Å². The Kier molecular flexibility index (Phi) is 6.61. The van der Waals surface area contributed by atoms with Crippen LogP contribution in [0.3, 0.4) is 0 Å². The Labute approximate surface area is 179 Å². The van der Waals surface area contributed by atoms with Crippen LogP contribution in [0.1, 0.15) is 25.7 Å². The van der Waals surface area contributed by atoms with Gasteiger partial charge >= 0.3 is 0 Å². The number of morpholine rings is 1. The van der Waals surface area contributed by atoms with E-state index in [1.54, 1.807) is 6.33 Å². The number of ether oxygens (including phenoxy) is 1. The van der Waals surface area contributed by atoms with E-state index in [-0.39, 0.29) is 5.92 Å². The summed E-state index contributed by atoms with van der Waals surface area (Å²) in [5, 5.41) is 6.81. The van der Waals surface area contributed by atoms with E-state index in [4.69, 9.17) is 4.74 Å². The number of carbonyl (C=O) groups is 1. The first-order valence-electron chi connectivity index (χ1n) is 10.1. The van der Waals surface area contributed by atoms with Gasteiger partial charge in [-0.25, -0.2) is 9.97 Å². The highest BCUT2D eigenvalue weighted by Gasteiger charge is 2.30. The van der Waals surface area contributed by atoms with E-state index in [0.717, 1.165) is 60.6 Å². The third kappa shape index (κ3) is 5.45. The number of hydrogen-bond donors (Lipinski definition) is 2. The van der Waals surface area contributed by atoms with Crippen molar-refractivity contribution in [2.45, 2.75) is 31.7 Å². The first kappa shape index (κ1) is 20.1. The number of nitrogens with zero attached hydrogens (tertiary/aromatic N) is 3. The van der Waals surface area contributed by atoms with Gasteiger partial charge in [0.25, 0.3) is 0 Å². The molecular weight excluding hydrogens is 434 g/mol. The van der Waals surface area contributed by atoms with Gasteiger partial charge < -0.3 is 20.3 Å². The fourth-order valence-corrected chi connectivity index (χ4v) is 4.35. The average Bonchev–Trinajstić information content (AvgIpc) is 2.75. The topological polar surface area (TPSA) is 79.4 Å². The Hall–Kier alpha value is -2.19. The lowest BCUT2D eigenvalue weighted by atomic mass is 9.85. The van der Waals surface area contributed by atoms with Gasteiger partial charge in [-0.2, -0.15) is 0 Å². The molecule has 1 amide bonds. The quantitative estimate of drug-likeness (QED) is 0.707. The Balaban J connectivity index is 1.29. The lowest BCUT2D eigenvalue weighted by molar-refractivity contribution is -0.140. The molecule has 1 aromatic heterocycles. The highest BCUT2D eigenvalue weighted by Crippen LogP contribution is 2.28. The summed E-state index contributed by atoms with van der Waals surface area (Å²) in [4.78, 5) is 23.3. The van der Waals surface area contributed by atoms with Crippen molar-refractivity contribution >= 4 is 39.2 Å². The van der Waals surface area contributed by atoms with Crippen LogP contribution in [0.25, 0.3) is 0 Å². The second kappa shape index (κ2) is 9.54. The van der Waals surface area contributed by atoms with Gasteiger partial charge in [-0.1, -0.05) is 22.0 Å². The second-order valence-electron chi connectivity index (χ2n) is 7.55. The van der Waals surface area contributed by atoms with E-state index in [1.165, 1.54) is 0 Å². The zero-order chi connectivity index (χ0) is 20.1. The number of anilines is 3. The summed E-state index contributed by atoms with van der Waals surface area (Å²) in [6, 6.07) is 10.2. The molecule has 2 aliphatic rings. The van der Waals surface area contributed by atoms with Crippen LogP contribution in [0.4, 0.5) is 17.3 Å². The number of hydrogen-bond acceptors (Lipinski definition) is 6. The van der Waals surface area contributed by atoms with Crippen LogP contribution in [-0.2, 0) is 9.53 Å². The Morgan fingerprint density at radius 1 is 1.07 bits per heavy atom. The summed E-state index contributed by atoms with van der Waals surface area (Å²) < 4.78 is 6.36. The molecule has 2 aromatic rings. The van der Waals surface area contributed by atoms with Crippen molar-refractivity contribution in [1.82, 2.24) is 14.9 Å². The molecule has 7 nitrogen and oxygen atoms in total. The monoisotopic (exact) mass is 459 g/mol.